The number of ether oxygens (including phenoxy) is 1. The Hall–Kier alpha value is -4.01. The number of carbonyl (C=O) groups excluding carboxylic acids is 3. The van der Waals surface area contributed by atoms with Crippen molar-refractivity contribution in [2.75, 3.05) is 12.0 Å². The first kappa shape index (κ1) is 18.8. The summed E-state index contributed by atoms with van der Waals surface area (Å²) in [5.74, 6) is -1.50. The standard InChI is InChI=1S/C19H15N3O6/c1-11-4-3-5-13(8-11)21-18(24)15(17(23)20-19(21)25)10-12-9-14(22(26)27)6-7-16(12)28-2/h3-10H,1-2H3,(H,20,23,25). The molecule has 0 saturated carbocycles. The molecule has 0 spiro atoms. The number of hydrogen-bond donors (Lipinski definition) is 1. The highest BCUT2D eigenvalue weighted by Gasteiger charge is 2.37. The molecule has 0 aromatic heterocycles. The highest BCUT2D eigenvalue weighted by atomic mass is 16.6. The third-order valence-corrected chi connectivity index (χ3v) is 4.09. The molecule has 4 amide bonds. The molecule has 1 N–H and O–H groups in total. The van der Waals surface area contributed by atoms with E-state index in [1.807, 2.05) is 0 Å². The van der Waals surface area contributed by atoms with Crippen molar-refractivity contribution in [2.45, 2.75) is 6.92 Å². The van der Waals surface area contributed by atoms with Crippen molar-refractivity contribution < 1.29 is 24.0 Å². The Labute approximate surface area is 159 Å². The van der Waals surface area contributed by atoms with Crippen LogP contribution in [0.1, 0.15) is 11.1 Å². The van der Waals surface area contributed by atoms with E-state index in [0.29, 0.717) is 5.69 Å². The Kier molecular flexibility index (Phi) is 4.90. The molecular formula is C19H15N3O6. The van der Waals surface area contributed by atoms with E-state index in [4.69, 9.17) is 4.74 Å². The van der Waals surface area contributed by atoms with Crippen LogP contribution in [0.2, 0.25) is 0 Å². The number of amides is 4. The Morgan fingerprint density at radius 1 is 1.14 bits per heavy atom. The number of nitrogens with zero attached hydrogens (tertiary/aromatic N) is 2. The zero-order valence-electron chi connectivity index (χ0n) is 15.0. The van der Waals surface area contributed by atoms with Gasteiger partial charge in [-0.05, 0) is 36.8 Å². The van der Waals surface area contributed by atoms with Crippen LogP contribution in [-0.4, -0.2) is 29.9 Å². The maximum absolute atomic E-state index is 12.9. The van der Waals surface area contributed by atoms with E-state index in [1.165, 1.54) is 31.4 Å². The minimum absolute atomic E-state index is 0.161. The summed E-state index contributed by atoms with van der Waals surface area (Å²) in [5.41, 5.74) is 0.698. The number of barbiturate groups is 1. The van der Waals surface area contributed by atoms with Gasteiger partial charge in [0, 0.05) is 17.7 Å². The molecule has 9 nitrogen and oxygen atoms in total. The van der Waals surface area contributed by atoms with Crippen molar-refractivity contribution >= 4 is 35.3 Å². The maximum Gasteiger partial charge on any atom is 0.335 e. The maximum atomic E-state index is 12.9. The summed E-state index contributed by atoms with van der Waals surface area (Å²) < 4.78 is 5.15. The Balaban J connectivity index is 2.09. The topological polar surface area (TPSA) is 119 Å². The van der Waals surface area contributed by atoms with Crippen molar-refractivity contribution in [1.82, 2.24) is 5.32 Å². The Morgan fingerprint density at radius 3 is 2.54 bits per heavy atom. The van der Waals surface area contributed by atoms with Crippen LogP contribution in [0, 0.1) is 17.0 Å². The average Bonchev–Trinajstić information content (AvgIpc) is 2.64. The van der Waals surface area contributed by atoms with E-state index in [9.17, 15) is 24.5 Å². The number of nitro groups is 1. The SMILES string of the molecule is COc1ccc([N+](=O)[O-])cc1C=C1C(=O)NC(=O)N(c2cccc(C)c2)C1=O. The first-order valence-corrected chi connectivity index (χ1v) is 8.12. The minimum Gasteiger partial charge on any atom is -0.496 e. The van der Waals surface area contributed by atoms with Crippen LogP contribution in [0.5, 0.6) is 5.75 Å². The third-order valence-electron chi connectivity index (χ3n) is 4.09. The molecular weight excluding hydrogens is 366 g/mol. The number of benzene rings is 2. The van der Waals surface area contributed by atoms with Gasteiger partial charge in [0.05, 0.1) is 17.7 Å². The molecule has 2 aromatic carbocycles. The number of imide groups is 2. The number of aryl methyl sites for hydroxylation is 1. The lowest BCUT2D eigenvalue weighted by Crippen LogP contribution is -2.54. The molecule has 9 heteroatoms. The van der Waals surface area contributed by atoms with Gasteiger partial charge in [-0.1, -0.05) is 12.1 Å². The molecule has 1 aliphatic heterocycles. The lowest BCUT2D eigenvalue weighted by atomic mass is 10.0. The number of methoxy groups -OCH3 is 1. The van der Waals surface area contributed by atoms with Crippen molar-refractivity contribution in [3.8, 4) is 5.75 Å². The number of carbonyl (C=O) groups is 3. The predicted molar refractivity (Wildman–Crippen MR) is 99.8 cm³/mol. The van der Waals surface area contributed by atoms with Crippen molar-refractivity contribution in [2.24, 2.45) is 0 Å². The fourth-order valence-electron chi connectivity index (χ4n) is 2.76. The van der Waals surface area contributed by atoms with E-state index in [-0.39, 0.29) is 22.6 Å². The number of anilines is 1. The van der Waals surface area contributed by atoms with Crippen LogP contribution in [0.25, 0.3) is 6.08 Å². The average molecular weight is 381 g/mol. The first-order chi connectivity index (χ1) is 13.3. The van der Waals surface area contributed by atoms with Crippen LogP contribution in [0.3, 0.4) is 0 Å². The zero-order chi connectivity index (χ0) is 20.4. The van der Waals surface area contributed by atoms with Gasteiger partial charge in [0.1, 0.15) is 11.3 Å². The summed E-state index contributed by atoms with van der Waals surface area (Å²) >= 11 is 0. The molecule has 1 saturated heterocycles. The molecule has 0 radical (unpaired) electrons. The van der Waals surface area contributed by atoms with Crippen LogP contribution in [0.15, 0.2) is 48.0 Å². The third kappa shape index (κ3) is 3.45. The Bertz CT molecular complexity index is 1040. The number of rotatable bonds is 4. The smallest absolute Gasteiger partial charge is 0.335 e. The van der Waals surface area contributed by atoms with E-state index < -0.39 is 22.8 Å². The predicted octanol–water partition coefficient (Wildman–Crippen LogP) is 2.58. The van der Waals surface area contributed by atoms with E-state index >= 15 is 0 Å². The van der Waals surface area contributed by atoms with E-state index in [1.54, 1.807) is 31.2 Å². The Morgan fingerprint density at radius 2 is 1.89 bits per heavy atom. The number of hydrogen-bond acceptors (Lipinski definition) is 6. The molecule has 28 heavy (non-hydrogen) atoms. The van der Waals surface area contributed by atoms with Gasteiger partial charge in [-0.15, -0.1) is 0 Å². The number of nitro benzene ring substituents is 1. The highest BCUT2D eigenvalue weighted by Crippen LogP contribution is 2.28. The van der Waals surface area contributed by atoms with Crippen molar-refractivity contribution in [3.63, 3.8) is 0 Å². The summed E-state index contributed by atoms with van der Waals surface area (Å²) in [7, 11) is 1.36. The monoisotopic (exact) mass is 381 g/mol. The molecule has 0 bridgehead atoms. The normalized spacial score (nSPS) is 15.6. The summed E-state index contributed by atoms with van der Waals surface area (Å²) in [6.45, 7) is 1.80. The van der Waals surface area contributed by atoms with Gasteiger partial charge in [0.2, 0.25) is 0 Å². The largest absolute Gasteiger partial charge is 0.496 e. The van der Waals surface area contributed by atoms with E-state index in [2.05, 4.69) is 5.32 Å². The fourth-order valence-corrected chi connectivity index (χ4v) is 2.76. The van der Waals surface area contributed by atoms with Gasteiger partial charge in [-0.2, -0.15) is 0 Å². The molecule has 0 atom stereocenters. The number of urea groups is 1. The first-order valence-electron chi connectivity index (χ1n) is 8.12. The second kappa shape index (κ2) is 7.31. The van der Waals surface area contributed by atoms with Crippen LogP contribution in [0.4, 0.5) is 16.2 Å². The molecule has 1 heterocycles. The number of non-ortho nitro benzene ring substituents is 1. The second-order valence-corrected chi connectivity index (χ2v) is 5.98. The zero-order valence-corrected chi connectivity index (χ0v) is 15.0. The van der Waals surface area contributed by atoms with Gasteiger partial charge in [0.15, 0.2) is 0 Å². The summed E-state index contributed by atoms with van der Waals surface area (Å²) in [4.78, 5) is 48.6. The van der Waals surface area contributed by atoms with Gasteiger partial charge in [0.25, 0.3) is 17.5 Å². The summed E-state index contributed by atoms with van der Waals surface area (Å²) in [5, 5.41) is 13.1. The van der Waals surface area contributed by atoms with Crippen molar-refractivity contribution in [3.05, 3.63) is 69.3 Å². The van der Waals surface area contributed by atoms with Crippen molar-refractivity contribution in [1.29, 1.82) is 0 Å². The van der Waals surface area contributed by atoms with Gasteiger partial charge >= 0.3 is 6.03 Å². The molecule has 1 fully saturated rings. The quantitative estimate of drug-likeness (QED) is 0.376. The molecule has 0 aliphatic carbocycles. The second-order valence-electron chi connectivity index (χ2n) is 5.98. The summed E-state index contributed by atoms with van der Waals surface area (Å²) in [6, 6.07) is 9.57. The molecule has 0 unspecified atom stereocenters. The lowest BCUT2D eigenvalue weighted by Gasteiger charge is -2.26. The van der Waals surface area contributed by atoms with Gasteiger partial charge < -0.3 is 4.74 Å². The van der Waals surface area contributed by atoms with Crippen LogP contribution >= 0.6 is 0 Å². The van der Waals surface area contributed by atoms with Crippen LogP contribution < -0.4 is 15.0 Å². The van der Waals surface area contributed by atoms with Gasteiger partial charge in [-0.3, -0.25) is 25.0 Å². The molecule has 142 valence electrons. The van der Waals surface area contributed by atoms with Gasteiger partial charge in [-0.25, -0.2) is 9.69 Å². The minimum atomic E-state index is -0.896. The highest BCUT2D eigenvalue weighted by molar-refractivity contribution is 6.39. The number of nitrogens with one attached hydrogen (secondary N) is 1. The van der Waals surface area contributed by atoms with Crippen LogP contribution in [-0.2, 0) is 9.59 Å². The fraction of sp³-hybridized carbons (Fsp3) is 0.105. The lowest BCUT2D eigenvalue weighted by molar-refractivity contribution is -0.384. The molecule has 1 aliphatic rings. The van der Waals surface area contributed by atoms with E-state index in [0.717, 1.165) is 10.5 Å². The molecule has 3 rings (SSSR count). The molecule has 2 aromatic rings. The summed E-state index contributed by atoms with van der Waals surface area (Å²) in [6.07, 6.45) is 1.17.